The Kier molecular flexibility index (Phi) is 2.96. The summed E-state index contributed by atoms with van der Waals surface area (Å²) in [5, 5.41) is 57.2. The van der Waals surface area contributed by atoms with Crippen LogP contribution in [-0.4, -0.2) is 30.6 Å². The highest BCUT2D eigenvalue weighted by molar-refractivity contribution is 5.91. The summed E-state index contributed by atoms with van der Waals surface area (Å²) in [4.78, 5) is 12.2. The summed E-state index contributed by atoms with van der Waals surface area (Å²) in [5.41, 5.74) is -1.48. The third-order valence-corrected chi connectivity index (χ3v) is 3.31. The number of rotatable bonds is 1. The van der Waals surface area contributed by atoms with Crippen LogP contribution in [0.1, 0.15) is 0 Å². The third kappa shape index (κ3) is 2.04. The van der Waals surface area contributed by atoms with Crippen molar-refractivity contribution in [1.29, 1.82) is 0 Å². The van der Waals surface area contributed by atoms with Gasteiger partial charge in [-0.15, -0.1) is 0 Å². The summed E-state index contributed by atoms with van der Waals surface area (Å²) in [6, 6.07) is 4.26. The number of benzene rings is 2. The van der Waals surface area contributed by atoms with Gasteiger partial charge in [0.2, 0.25) is 16.9 Å². The van der Waals surface area contributed by atoms with E-state index in [1.807, 2.05) is 0 Å². The summed E-state index contributed by atoms with van der Waals surface area (Å²) >= 11 is 0. The predicted molar refractivity (Wildman–Crippen MR) is 77.9 cm³/mol. The maximum absolute atomic E-state index is 12.2. The molecule has 0 amide bonds. The SMILES string of the molecule is O=c1c(O)c(-c2ccc(O)cc2O)oc2cc(O)c(O)c(O)c12. The van der Waals surface area contributed by atoms with E-state index in [9.17, 15) is 35.4 Å². The zero-order valence-electron chi connectivity index (χ0n) is 11.3. The van der Waals surface area contributed by atoms with Crippen LogP contribution in [0.2, 0.25) is 0 Å². The van der Waals surface area contributed by atoms with E-state index in [4.69, 9.17) is 4.42 Å². The number of aromatic hydroxyl groups is 6. The van der Waals surface area contributed by atoms with E-state index in [1.54, 1.807) is 0 Å². The molecular weight excluding hydrogens is 308 g/mol. The van der Waals surface area contributed by atoms with Crippen molar-refractivity contribution >= 4 is 11.0 Å². The highest BCUT2D eigenvalue weighted by atomic mass is 16.4. The predicted octanol–water partition coefficient (Wildman–Crippen LogP) is 1.69. The maximum Gasteiger partial charge on any atom is 0.238 e. The largest absolute Gasteiger partial charge is 0.508 e. The molecule has 0 radical (unpaired) electrons. The number of phenolic OH excluding ortho intramolecular Hbond substituents is 5. The minimum atomic E-state index is -1.07. The van der Waals surface area contributed by atoms with Gasteiger partial charge in [-0.3, -0.25) is 4.79 Å². The molecule has 3 aromatic rings. The first-order valence-corrected chi connectivity index (χ1v) is 6.27. The minimum Gasteiger partial charge on any atom is -0.508 e. The van der Waals surface area contributed by atoms with Crippen LogP contribution in [0.15, 0.2) is 33.5 Å². The molecule has 8 nitrogen and oxygen atoms in total. The Labute approximate surface area is 127 Å². The fourth-order valence-electron chi connectivity index (χ4n) is 2.20. The molecule has 23 heavy (non-hydrogen) atoms. The molecule has 3 rings (SSSR count). The first-order valence-electron chi connectivity index (χ1n) is 6.27. The van der Waals surface area contributed by atoms with Gasteiger partial charge in [0.05, 0.1) is 5.56 Å². The molecule has 0 saturated carbocycles. The van der Waals surface area contributed by atoms with Crippen LogP contribution in [0, 0.1) is 0 Å². The van der Waals surface area contributed by atoms with E-state index in [1.165, 1.54) is 12.1 Å². The summed E-state index contributed by atoms with van der Waals surface area (Å²) < 4.78 is 5.27. The molecule has 0 unspecified atom stereocenters. The van der Waals surface area contributed by atoms with Gasteiger partial charge in [0.15, 0.2) is 17.3 Å². The van der Waals surface area contributed by atoms with Crippen molar-refractivity contribution in [2.75, 3.05) is 0 Å². The average molecular weight is 318 g/mol. The van der Waals surface area contributed by atoms with E-state index >= 15 is 0 Å². The summed E-state index contributed by atoms with van der Waals surface area (Å²) in [6.45, 7) is 0. The molecule has 0 saturated heterocycles. The minimum absolute atomic E-state index is 0.0913. The first kappa shape index (κ1) is 14.4. The van der Waals surface area contributed by atoms with E-state index in [0.29, 0.717) is 0 Å². The van der Waals surface area contributed by atoms with Crippen molar-refractivity contribution in [3.63, 3.8) is 0 Å². The Morgan fingerprint density at radius 1 is 0.783 bits per heavy atom. The van der Waals surface area contributed by atoms with Gasteiger partial charge >= 0.3 is 0 Å². The molecule has 8 heteroatoms. The standard InChI is InChI=1S/C15H10O8/c16-5-1-2-6(7(17)3-5)15-14(22)13(21)10-9(23-15)4-8(18)11(19)12(10)20/h1-4,16-20,22H. The topological polar surface area (TPSA) is 152 Å². The Morgan fingerprint density at radius 3 is 2.13 bits per heavy atom. The van der Waals surface area contributed by atoms with Gasteiger partial charge in [0.1, 0.15) is 22.5 Å². The number of hydrogen-bond donors (Lipinski definition) is 6. The van der Waals surface area contributed by atoms with Crippen molar-refractivity contribution in [1.82, 2.24) is 0 Å². The molecule has 2 aromatic carbocycles. The highest BCUT2D eigenvalue weighted by Gasteiger charge is 2.23. The quantitative estimate of drug-likeness (QED) is 0.371. The van der Waals surface area contributed by atoms with Crippen LogP contribution in [0.5, 0.6) is 34.5 Å². The fraction of sp³-hybridized carbons (Fsp3) is 0. The van der Waals surface area contributed by atoms with Crippen LogP contribution in [-0.2, 0) is 0 Å². The van der Waals surface area contributed by atoms with Gasteiger partial charge in [0.25, 0.3) is 0 Å². The molecule has 0 atom stereocenters. The number of fused-ring (bicyclic) bond motifs is 1. The van der Waals surface area contributed by atoms with Crippen molar-refractivity contribution in [3.8, 4) is 45.8 Å². The zero-order valence-corrected chi connectivity index (χ0v) is 11.3. The number of hydrogen-bond acceptors (Lipinski definition) is 8. The number of phenols is 5. The van der Waals surface area contributed by atoms with Gasteiger partial charge in [-0.25, -0.2) is 0 Å². The van der Waals surface area contributed by atoms with E-state index < -0.39 is 45.3 Å². The first-order chi connectivity index (χ1) is 10.8. The van der Waals surface area contributed by atoms with Gasteiger partial charge in [-0.1, -0.05) is 0 Å². The molecule has 0 aliphatic heterocycles. The zero-order chi connectivity index (χ0) is 16.9. The molecule has 0 aliphatic carbocycles. The lowest BCUT2D eigenvalue weighted by Crippen LogP contribution is -2.03. The van der Waals surface area contributed by atoms with E-state index in [2.05, 4.69) is 0 Å². The lowest BCUT2D eigenvalue weighted by molar-refractivity contribution is 0.369. The molecule has 0 aliphatic rings. The molecule has 0 bridgehead atoms. The Morgan fingerprint density at radius 2 is 1.48 bits per heavy atom. The summed E-state index contributed by atoms with van der Waals surface area (Å²) in [6.07, 6.45) is 0. The lowest BCUT2D eigenvalue weighted by atomic mass is 10.1. The molecular formula is C15H10O8. The Hall–Kier alpha value is -3.55. The highest BCUT2D eigenvalue weighted by Crippen LogP contribution is 2.43. The van der Waals surface area contributed by atoms with Crippen LogP contribution < -0.4 is 5.43 Å². The second kappa shape index (κ2) is 4.73. The Balaban J connectivity index is 2.43. The maximum atomic E-state index is 12.2. The summed E-state index contributed by atoms with van der Waals surface area (Å²) in [5.74, 6) is -4.65. The van der Waals surface area contributed by atoms with Gasteiger partial charge in [-0.05, 0) is 12.1 Å². The molecule has 6 N–H and O–H groups in total. The average Bonchev–Trinajstić information content (AvgIpc) is 2.49. The molecule has 1 heterocycles. The Bertz CT molecular complexity index is 1000. The third-order valence-electron chi connectivity index (χ3n) is 3.31. The van der Waals surface area contributed by atoms with Gasteiger partial charge in [-0.2, -0.15) is 0 Å². The lowest BCUT2D eigenvalue weighted by Gasteiger charge is -2.10. The van der Waals surface area contributed by atoms with Crippen LogP contribution in [0.4, 0.5) is 0 Å². The van der Waals surface area contributed by atoms with E-state index in [0.717, 1.165) is 12.1 Å². The van der Waals surface area contributed by atoms with Crippen molar-refractivity contribution in [3.05, 3.63) is 34.5 Å². The second-order valence-corrected chi connectivity index (χ2v) is 4.78. The van der Waals surface area contributed by atoms with Crippen molar-refractivity contribution in [2.24, 2.45) is 0 Å². The molecule has 1 aromatic heterocycles. The van der Waals surface area contributed by atoms with Crippen molar-refractivity contribution < 1.29 is 35.1 Å². The monoisotopic (exact) mass is 318 g/mol. The summed E-state index contributed by atoms with van der Waals surface area (Å²) in [7, 11) is 0. The van der Waals surface area contributed by atoms with E-state index in [-0.39, 0.29) is 16.9 Å². The molecule has 0 spiro atoms. The molecule has 118 valence electrons. The van der Waals surface area contributed by atoms with Crippen molar-refractivity contribution in [2.45, 2.75) is 0 Å². The second-order valence-electron chi connectivity index (χ2n) is 4.78. The van der Waals surface area contributed by atoms with Gasteiger partial charge < -0.3 is 35.1 Å². The van der Waals surface area contributed by atoms with Gasteiger partial charge in [0, 0.05) is 12.1 Å². The molecule has 0 fully saturated rings. The smallest absolute Gasteiger partial charge is 0.238 e. The van der Waals surface area contributed by atoms with Crippen LogP contribution in [0.25, 0.3) is 22.3 Å². The van der Waals surface area contributed by atoms with Crippen LogP contribution in [0.3, 0.4) is 0 Å². The van der Waals surface area contributed by atoms with Crippen LogP contribution >= 0.6 is 0 Å². The normalized spacial score (nSPS) is 11.0. The fourth-order valence-corrected chi connectivity index (χ4v) is 2.20.